The van der Waals surface area contributed by atoms with Gasteiger partial charge in [-0.05, 0) is 73.9 Å². The number of aromatic hydroxyl groups is 1. The van der Waals surface area contributed by atoms with E-state index < -0.39 is 17.9 Å². The van der Waals surface area contributed by atoms with Crippen molar-refractivity contribution in [1.29, 1.82) is 0 Å². The van der Waals surface area contributed by atoms with E-state index >= 15 is 0 Å². The van der Waals surface area contributed by atoms with Crippen LogP contribution in [0.1, 0.15) is 37.4 Å². The summed E-state index contributed by atoms with van der Waals surface area (Å²) in [6, 6.07) is 25.1. The van der Waals surface area contributed by atoms with Gasteiger partial charge in [-0.1, -0.05) is 59.8 Å². The number of carbonyl (C=O) groups is 3. The van der Waals surface area contributed by atoms with E-state index in [9.17, 15) is 19.5 Å². The third-order valence-electron chi connectivity index (χ3n) is 7.83. The first-order chi connectivity index (χ1) is 21.6. The lowest BCUT2D eigenvalue weighted by molar-refractivity contribution is 0.0736. The fourth-order valence-electron chi connectivity index (χ4n) is 5.14. The average molecular weight is 600 g/mol. The van der Waals surface area contributed by atoms with Crippen LogP contribution in [-0.4, -0.2) is 45.1 Å². The third-order valence-corrected chi connectivity index (χ3v) is 7.83. The van der Waals surface area contributed by atoms with Gasteiger partial charge < -0.3 is 15.2 Å². The molecule has 45 heavy (non-hydrogen) atoms. The fourth-order valence-corrected chi connectivity index (χ4v) is 5.14. The molecule has 0 atom stereocenters. The maximum atomic E-state index is 13.7. The first kappa shape index (κ1) is 29.1. The Labute approximate surface area is 258 Å². The number of ether oxygens (including phenoxy) is 1. The average Bonchev–Trinajstić information content (AvgIpc) is 3.45. The molecule has 2 N–H and O–H groups in total. The van der Waals surface area contributed by atoms with E-state index in [4.69, 9.17) is 4.74 Å². The largest absolute Gasteiger partial charge is 0.506 e. The number of phenolic OH excluding ortho intramolecular Hbond substituents is 1. The SMILES string of the molecule is Cc1cc2nnn(C(=O)N(C)c3ccccc3C(=O)Oc3cc(C(=O)Nc4ccccc4C)c(O)c4ccccc34)c2cc1C. The number of aryl methyl sites for hydroxylation is 3. The number of benzene rings is 5. The minimum atomic E-state index is -0.763. The number of nitrogens with one attached hydrogen (secondary N) is 1. The van der Waals surface area contributed by atoms with Gasteiger partial charge in [0, 0.05) is 23.5 Å². The molecule has 6 aromatic rings. The Morgan fingerprint density at radius 1 is 0.800 bits per heavy atom. The van der Waals surface area contributed by atoms with Crippen LogP contribution in [0, 0.1) is 20.8 Å². The van der Waals surface area contributed by atoms with Gasteiger partial charge in [0.15, 0.2) is 0 Å². The van der Waals surface area contributed by atoms with Gasteiger partial charge in [-0.2, -0.15) is 4.68 Å². The molecule has 0 radical (unpaired) electrons. The fraction of sp³-hybridized carbons (Fsp3) is 0.114. The number of hydrogen-bond donors (Lipinski definition) is 2. The van der Waals surface area contributed by atoms with E-state index in [1.54, 1.807) is 60.7 Å². The molecular formula is C35H29N5O5. The summed E-state index contributed by atoms with van der Waals surface area (Å²) >= 11 is 0. The molecule has 224 valence electrons. The summed E-state index contributed by atoms with van der Waals surface area (Å²) in [4.78, 5) is 42.0. The van der Waals surface area contributed by atoms with E-state index in [0.29, 0.717) is 27.5 Å². The maximum Gasteiger partial charge on any atom is 0.350 e. The Morgan fingerprint density at radius 3 is 2.24 bits per heavy atom. The molecule has 0 bridgehead atoms. The highest BCUT2D eigenvalue weighted by Gasteiger charge is 2.25. The molecule has 10 heteroatoms. The number of anilines is 2. The van der Waals surface area contributed by atoms with Crippen LogP contribution in [0.4, 0.5) is 16.2 Å². The number of rotatable bonds is 5. The topological polar surface area (TPSA) is 127 Å². The monoisotopic (exact) mass is 599 g/mol. The zero-order valence-electron chi connectivity index (χ0n) is 25.0. The zero-order chi connectivity index (χ0) is 31.8. The summed E-state index contributed by atoms with van der Waals surface area (Å²) in [5.74, 6) is -1.50. The molecule has 0 aliphatic rings. The molecule has 0 aliphatic heterocycles. The second-order valence-corrected chi connectivity index (χ2v) is 10.8. The number of esters is 1. The maximum absolute atomic E-state index is 13.7. The van der Waals surface area contributed by atoms with Gasteiger partial charge in [0.2, 0.25) is 0 Å². The zero-order valence-corrected chi connectivity index (χ0v) is 25.0. The Kier molecular flexibility index (Phi) is 7.47. The van der Waals surface area contributed by atoms with E-state index in [-0.39, 0.29) is 28.3 Å². The summed E-state index contributed by atoms with van der Waals surface area (Å²) in [5.41, 5.74) is 4.88. The molecule has 0 fully saturated rings. The number of hydrogen-bond acceptors (Lipinski definition) is 7. The second kappa shape index (κ2) is 11.6. The van der Waals surface area contributed by atoms with Crippen molar-refractivity contribution < 1.29 is 24.2 Å². The predicted molar refractivity (Wildman–Crippen MR) is 172 cm³/mol. The van der Waals surface area contributed by atoms with E-state index in [1.807, 2.05) is 45.0 Å². The molecule has 0 saturated carbocycles. The first-order valence-electron chi connectivity index (χ1n) is 14.2. The number of phenols is 1. The number of aromatic nitrogens is 3. The van der Waals surface area contributed by atoms with Gasteiger partial charge in [0.25, 0.3) is 5.91 Å². The Balaban J connectivity index is 1.34. The number of para-hydroxylation sites is 2. The molecule has 1 heterocycles. The summed E-state index contributed by atoms with van der Waals surface area (Å²) in [6.07, 6.45) is 0. The Bertz CT molecular complexity index is 2150. The van der Waals surface area contributed by atoms with E-state index in [1.165, 1.54) is 22.7 Å². The van der Waals surface area contributed by atoms with Crippen molar-refractivity contribution in [2.45, 2.75) is 20.8 Å². The molecule has 0 spiro atoms. The highest BCUT2D eigenvalue weighted by Crippen LogP contribution is 2.37. The van der Waals surface area contributed by atoms with Crippen LogP contribution in [0.2, 0.25) is 0 Å². The number of nitrogens with zero attached hydrogens (tertiary/aromatic N) is 4. The highest BCUT2D eigenvalue weighted by atomic mass is 16.5. The molecule has 0 saturated heterocycles. The number of carbonyl (C=O) groups excluding carboxylic acids is 3. The lowest BCUT2D eigenvalue weighted by Crippen LogP contribution is -2.33. The molecule has 0 aliphatic carbocycles. The van der Waals surface area contributed by atoms with Crippen molar-refractivity contribution in [3.8, 4) is 11.5 Å². The lowest BCUT2D eigenvalue weighted by atomic mass is 10.0. The van der Waals surface area contributed by atoms with Crippen LogP contribution in [0.25, 0.3) is 21.8 Å². The quantitative estimate of drug-likeness (QED) is 0.165. The van der Waals surface area contributed by atoms with Gasteiger partial charge in [0.05, 0.1) is 22.3 Å². The lowest BCUT2D eigenvalue weighted by Gasteiger charge is -2.20. The van der Waals surface area contributed by atoms with Crippen molar-refractivity contribution >= 4 is 51.1 Å². The summed E-state index contributed by atoms with van der Waals surface area (Å²) in [6.45, 7) is 5.76. The molecule has 1 aromatic heterocycles. The number of amides is 2. The van der Waals surface area contributed by atoms with Crippen LogP contribution in [0.15, 0.2) is 91.0 Å². The normalized spacial score (nSPS) is 11.0. The van der Waals surface area contributed by atoms with Crippen molar-refractivity contribution in [3.05, 3.63) is 119 Å². The van der Waals surface area contributed by atoms with Crippen LogP contribution in [0.3, 0.4) is 0 Å². The van der Waals surface area contributed by atoms with E-state index in [0.717, 1.165) is 16.7 Å². The minimum absolute atomic E-state index is 0.0658. The predicted octanol–water partition coefficient (Wildman–Crippen LogP) is 6.79. The van der Waals surface area contributed by atoms with Crippen molar-refractivity contribution in [2.24, 2.45) is 0 Å². The standard InChI is InChI=1S/C35H29N5O5/c1-20-11-5-9-15-27(20)36-33(42)26-19-31(23-12-6-7-13-24(23)32(26)41)45-34(43)25-14-8-10-16-29(25)39(4)35(44)40-30-18-22(3)21(2)17-28(30)37-38-40/h5-19,41H,1-4H3,(H,36,42). The van der Waals surface area contributed by atoms with Gasteiger partial charge in [0.1, 0.15) is 17.0 Å². The Morgan fingerprint density at radius 2 is 1.47 bits per heavy atom. The van der Waals surface area contributed by atoms with E-state index in [2.05, 4.69) is 15.6 Å². The molecular weight excluding hydrogens is 570 g/mol. The molecule has 10 nitrogen and oxygen atoms in total. The third kappa shape index (κ3) is 5.33. The van der Waals surface area contributed by atoms with Crippen LogP contribution < -0.4 is 15.0 Å². The summed E-state index contributed by atoms with van der Waals surface area (Å²) in [5, 5.41) is 22.8. The first-order valence-corrected chi connectivity index (χ1v) is 14.2. The molecule has 5 aromatic carbocycles. The molecule has 6 rings (SSSR count). The van der Waals surface area contributed by atoms with Gasteiger partial charge in [-0.15, -0.1) is 5.10 Å². The highest BCUT2D eigenvalue weighted by molar-refractivity contribution is 6.12. The van der Waals surface area contributed by atoms with Gasteiger partial charge in [-0.3, -0.25) is 9.69 Å². The van der Waals surface area contributed by atoms with Crippen LogP contribution in [-0.2, 0) is 0 Å². The number of fused-ring (bicyclic) bond motifs is 2. The van der Waals surface area contributed by atoms with Crippen molar-refractivity contribution in [2.75, 3.05) is 17.3 Å². The molecule has 2 amide bonds. The van der Waals surface area contributed by atoms with Gasteiger partial charge >= 0.3 is 12.0 Å². The minimum Gasteiger partial charge on any atom is -0.506 e. The van der Waals surface area contributed by atoms with Crippen molar-refractivity contribution in [1.82, 2.24) is 15.0 Å². The smallest absolute Gasteiger partial charge is 0.350 e. The van der Waals surface area contributed by atoms with Gasteiger partial charge in [-0.25, -0.2) is 9.59 Å². The van der Waals surface area contributed by atoms with Crippen LogP contribution >= 0.6 is 0 Å². The van der Waals surface area contributed by atoms with Crippen LogP contribution in [0.5, 0.6) is 11.5 Å². The molecule has 0 unspecified atom stereocenters. The second-order valence-electron chi connectivity index (χ2n) is 10.8. The summed E-state index contributed by atoms with van der Waals surface area (Å²) in [7, 11) is 1.53. The Hall–Kier alpha value is -6.03. The van der Waals surface area contributed by atoms with Crippen molar-refractivity contribution in [3.63, 3.8) is 0 Å². The summed E-state index contributed by atoms with van der Waals surface area (Å²) < 4.78 is 7.08.